The molecule has 0 amide bonds. The topological polar surface area (TPSA) is 51.2 Å². The molecular weight excluding hydrogens is 220 g/mol. The highest BCUT2D eigenvalue weighted by atomic mass is 16.6. The number of epoxide rings is 1. The Kier molecular flexibility index (Phi) is 3.66. The van der Waals surface area contributed by atoms with Crippen molar-refractivity contribution >= 4 is 0 Å². The first-order valence-electron chi connectivity index (χ1n) is 5.67. The second kappa shape index (κ2) is 5.04. The van der Waals surface area contributed by atoms with Crippen LogP contribution in [0.3, 0.4) is 0 Å². The first kappa shape index (κ1) is 12.4. The predicted molar refractivity (Wildman–Crippen MR) is 63.0 cm³/mol. The molecule has 0 saturated carbocycles. The maximum atomic E-state index is 9.02. The van der Waals surface area contributed by atoms with Crippen molar-refractivity contribution in [3.05, 3.63) is 29.8 Å². The Balaban J connectivity index is 1.72. The van der Waals surface area contributed by atoms with E-state index in [2.05, 4.69) is 0 Å². The summed E-state index contributed by atoms with van der Waals surface area (Å²) in [5.41, 5.74) is 0.706. The Hall–Kier alpha value is -1.10. The lowest BCUT2D eigenvalue weighted by atomic mass is 10.1. The molecule has 1 aromatic rings. The molecule has 0 bridgehead atoms. The van der Waals surface area contributed by atoms with Gasteiger partial charge < -0.3 is 19.3 Å². The summed E-state index contributed by atoms with van der Waals surface area (Å²) in [6, 6.07) is 7.75. The fourth-order valence-electron chi connectivity index (χ4n) is 1.65. The van der Waals surface area contributed by atoms with E-state index in [0.717, 1.165) is 11.3 Å². The Morgan fingerprint density at radius 3 is 2.59 bits per heavy atom. The van der Waals surface area contributed by atoms with Crippen LogP contribution in [0.1, 0.15) is 12.5 Å². The van der Waals surface area contributed by atoms with Crippen molar-refractivity contribution in [3.8, 4) is 5.75 Å². The molecule has 0 aliphatic carbocycles. The van der Waals surface area contributed by atoms with Gasteiger partial charge in [-0.05, 0) is 24.6 Å². The van der Waals surface area contributed by atoms with Crippen LogP contribution in [0, 0.1) is 0 Å². The molecule has 1 N–H and O–H groups in total. The van der Waals surface area contributed by atoms with Crippen molar-refractivity contribution in [2.24, 2.45) is 0 Å². The zero-order valence-corrected chi connectivity index (χ0v) is 10.2. The molecule has 1 aromatic carbocycles. The van der Waals surface area contributed by atoms with Crippen LogP contribution in [0.2, 0.25) is 0 Å². The molecule has 0 radical (unpaired) electrons. The van der Waals surface area contributed by atoms with Gasteiger partial charge in [-0.1, -0.05) is 12.1 Å². The molecule has 1 aliphatic heterocycles. The van der Waals surface area contributed by atoms with E-state index in [0.29, 0.717) is 13.2 Å². The molecule has 0 aromatic heterocycles. The van der Waals surface area contributed by atoms with E-state index in [-0.39, 0.29) is 18.3 Å². The van der Waals surface area contributed by atoms with Gasteiger partial charge in [0.2, 0.25) is 0 Å². The van der Waals surface area contributed by atoms with Crippen LogP contribution in [0.4, 0.5) is 0 Å². The van der Waals surface area contributed by atoms with E-state index >= 15 is 0 Å². The van der Waals surface area contributed by atoms with E-state index in [1.807, 2.05) is 31.2 Å². The molecule has 2 atom stereocenters. The van der Waals surface area contributed by atoms with Gasteiger partial charge in [0.05, 0.1) is 26.9 Å². The van der Waals surface area contributed by atoms with Crippen molar-refractivity contribution in [2.45, 2.75) is 25.2 Å². The van der Waals surface area contributed by atoms with Crippen LogP contribution >= 0.6 is 0 Å². The van der Waals surface area contributed by atoms with Gasteiger partial charge in [-0.3, -0.25) is 0 Å². The van der Waals surface area contributed by atoms with Crippen molar-refractivity contribution < 1.29 is 19.3 Å². The average molecular weight is 238 g/mol. The second-order valence-corrected chi connectivity index (χ2v) is 4.44. The molecule has 2 rings (SSSR count). The summed E-state index contributed by atoms with van der Waals surface area (Å²) in [6.07, 6.45) is 0.0192. The van der Waals surface area contributed by atoms with Gasteiger partial charge >= 0.3 is 0 Å². The van der Waals surface area contributed by atoms with Gasteiger partial charge in [0.1, 0.15) is 17.5 Å². The Morgan fingerprint density at radius 2 is 2.06 bits per heavy atom. The van der Waals surface area contributed by atoms with Crippen LogP contribution in [0.15, 0.2) is 24.3 Å². The molecule has 1 fully saturated rings. The summed E-state index contributed by atoms with van der Waals surface area (Å²) in [6.45, 7) is 2.99. The maximum absolute atomic E-state index is 9.02. The Labute approximate surface area is 101 Å². The molecule has 1 heterocycles. The fourth-order valence-corrected chi connectivity index (χ4v) is 1.65. The number of hydrogen-bond donors (Lipinski definition) is 1. The third kappa shape index (κ3) is 2.97. The summed E-state index contributed by atoms with van der Waals surface area (Å²) < 4.78 is 15.9. The monoisotopic (exact) mass is 238 g/mol. The van der Waals surface area contributed by atoms with Crippen molar-refractivity contribution in [1.82, 2.24) is 0 Å². The molecular formula is C13H18O4. The minimum atomic E-state index is -0.389. The Bertz CT molecular complexity index is 362. The standard InChI is InChI=1S/C13H18O4/c1-13(9-14)12(17-13)8-16-7-10-3-5-11(15-2)6-4-10/h3-6,12,14H,7-9H2,1-2H3/t12-,13+/m0/s1. The van der Waals surface area contributed by atoms with Crippen LogP contribution in [0.25, 0.3) is 0 Å². The summed E-state index contributed by atoms with van der Waals surface area (Å²) in [5, 5.41) is 9.02. The summed E-state index contributed by atoms with van der Waals surface area (Å²) in [7, 11) is 1.64. The summed E-state index contributed by atoms with van der Waals surface area (Å²) >= 11 is 0. The molecule has 1 aliphatic rings. The second-order valence-electron chi connectivity index (χ2n) is 4.44. The van der Waals surface area contributed by atoms with Crippen molar-refractivity contribution in [2.75, 3.05) is 20.3 Å². The first-order valence-corrected chi connectivity index (χ1v) is 5.67. The lowest BCUT2D eigenvalue weighted by Crippen LogP contribution is -2.18. The predicted octanol–water partition coefficient (Wildman–Crippen LogP) is 1.36. The third-order valence-electron chi connectivity index (χ3n) is 3.05. The average Bonchev–Trinajstić information content (AvgIpc) is 3.02. The zero-order chi connectivity index (χ0) is 12.3. The van der Waals surface area contributed by atoms with Crippen LogP contribution in [-0.2, 0) is 16.1 Å². The number of methoxy groups -OCH3 is 1. The minimum absolute atomic E-state index is 0.0192. The molecule has 94 valence electrons. The third-order valence-corrected chi connectivity index (χ3v) is 3.05. The van der Waals surface area contributed by atoms with Crippen LogP contribution < -0.4 is 4.74 Å². The summed E-state index contributed by atoms with van der Waals surface area (Å²) in [4.78, 5) is 0. The SMILES string of the molecule is COc1ccc(COC[C@@H]2O[C@]2(C)CO)cc1. The van der Waals surface area contributed by atoms with E-state index in [1.165, 1.54) is 0 Å². The zero-order valence-electron chi connectivity index (χ0n) is 10.2. The van der Waals surface area contributed by atoms with Gasteiger partial charge in [0, 0.05) is 0 Å². The first-order chi connectivity index (χ1) is 8.18. The van der Waals surface area contributed by atoms with Gasteiger partial charge in [-0.25, -0.2) is 0 Å². The lowest BCUT2D eigenvalue weighted by molar-refractivity contribution is 0.104. The van der Waals surface area contributed by atoms with Crippen LogP contribution in [-0.4, -0.2) is 37.1 Å². The van der Waals surface area contributed by atoms with Crippen LogP contribution in [0.5, 0.6) is 5.75 Å². The fraction of sp³-hybridized carbons (Fsp3) is 0.538. The molecule has 0 unspecified atom stereocenters. The normalized spacial score (nSPS) is 26.9. The number of rotatable bonds is 6. The highest BCUT2D eigenvalue weighted by Crippen LogP contribution is 2.35. The Morgan fingerprint density at radius 1 is 1.35 bits per heavy atom. The van der Waals surface area contributed by atoms with Gasteiger partial charge in [0.25, 0.3) is 0 Å². The van der Waals surface area contributed by atoms with Crippen molar-refractivity contribution in [1.29, 1.82) is 0 Å². The lowest BCUT2D eigenvalue weighted by Gasteiger charge is -2.05. The van der Waals surface area contributed by atoms with E-state index < -0.39 is 0 Å². The summed E-state index contributed by atoms with van der Waals surface area (Å²) in [5.74, 6) is 0.840. The number of ether oxygens (including phenoxy) is 3. The van der Waals surface area contributed by atoms with Crippen molar-refractivity contribution in [3.63, 3.8) is 0 Å². The molecule has 0 spiro atoms. The van der Waals surface area contributed by atoms with E-state index in [1.54, 1.807) is 7.11 Å². The largest absolute Gasteiger partial charge is 0.497 e. The highest BCUT2D eigenvalue weighted by molar-refractivity contribution is 5.26. The van der Waals surface area contributed by atoms with Gasteiger partial charge in [0.15, 0.2) is 0 Å². The molecule has 4 nitrogen and oxygen atoms in total. The molecule has 1 saturated heterocycles. The number of aliphatic hydroxyl groups excluding tert-OH is 1. The highest BCUT2D eigenvalue weighted by Gasteiger charge is 2.51. The van der Waals surface area contributed by atoms with Gasteiger partial charge in [-0.15, -0.1) is 0 Å². The smallest absolute Gasteiger partial charge is 0.118 e. The van der Waals surface area contributed by atoms with E-state index in [4.69, 9.17) is 19.3 Å². The van der Waals surface area contributed by atoms with Gasteiger partial charge in [-0.2, -0.15) is 0 Å². The maximum Gasteiger partial charge on any atom is 0.118 e. The molecule has 17 heavy (non-hydrogen) atoms. The number of benzene rings is 1. The quantitative estimate of drug-likeness (QED) is 0.760. The number of hydrogen-bond acceptors (Lipinski definition) is 4. The molecule has 4 heteroatoms. The minimum Gasteiger partial charge on any atom is -0.497 e. The number of aliphatic hydroxyl groups is 1. The van der Waals surface area contributed by atoms with E-state index in [9.17, 15) is 0 Å².